The molecule has 0 saturated carbocycles. The van der Waals surface area contributed by atoms with Gasteiger partial charge in [0.25, 0.3) is 0 Å². The summed E-state index contributed by atoms with van der Waals surface area (Å²) in [6, 6.07) is 0. The van der Waals surface area contributed by atoms with Gasteiger partial charge >= 0.3 is 0 Å². The lowest BCUT2D eigenvalue weighted by Gasteiger charge is -2.21. The van der Waals surface area contributed by atoms with Crippen LogP contribution in [0.1, 0.15) is 39.5 Å². The Labute approximate surface area is 84.3 Å². The molecule has 0 radical (unpaired) electrons. The maximum Gasteiger partial charge on any atom is 0.241 e. The highest BCUT2D eigenvalue weighted by molar-refractivity contribution is 6.70. The van der Waals surface area contributed by atoms with Crippen molar-refractivity contribution < 1.29 is 4.43 Å². The van der Waals surface area contributed by atoms with Crippen molar-refractivity contribution in [2.24, 2.45) is 0 Å². The number of rotatable bonds is 6. The summed E-state index contributed by atoms with van der Waals surface area (Å²) in [6.45, 7) is 11.0. The maximum absolute atomic E-state index is 5.93. The Morgan fingerprint density at radius 2 is 1.85 bits per heavy atom. The molecular weight excluding hydrogens is 176 g/mol. The van der Waals surface area contributed by atoms with Crippen LogP contribution in [-0.4, -0.2) is 8.32 Å². The molecule has 0 heterocycles. The smallest absolute Gasteiger partial charge is 0.241 e. The fraction of sp³-hybridized carbons (Fsp3) is 0.818. The Kier molecular flexibility index (Phi) is 6.13. The van der Waals surface area contributed by atoms with Gasteiger partial charge in [0.15, 0.2) is 0 Å². The van der Waals surface area contributed by atoms with E-state index in [-0.39, 0.29) is 0 Å². The predicted molar refractivity (Wildman–Crippen MR) is 62.3 cm³/mol. The van der Waals surface area contributed by atoms with Gasteiger partial charge in [0.05, 0.1) is 5.76 Å². The standard InChI is InChI=1S/C11H24OSi/c1-6-8-9-10-11(7-2)12-13(3,4)5/h7H,6,8-10H2,1-5H3/b11-7-. The summed E-state index contributed by atoms with van der Waals surface area (Å²) < 4.78 is 5.93. The average Bonchev–Trinajstić information content (AvgIpc) is 2.01. The summed E-state index contributed by atoms with van der Waals surface area (Å²) in [6.07, 6.45) is 7.10. The van der Waals surface area contributed by atoms with Gasteiger partial charge in [0.2, 0.25) is 8.32 Å². The van der Waals surface area contributed by atoms with E-state index in [4.69, 9.17) is 4.43 Å². The monoisotopic (exact) mass is 200 g/mol. The molecule has 0 spiro atoms. The topological polar surface area (TPSA) is 9.23 Å². The molecule has 0 aliphatic heterocycles. The minimum atomic E-state index is -1.37. The van der Waals surface area contributed by atoms with E-state index in [1.54, 1.807) is 0 Å². The molecule has 0 fully saturated rings. The van der Waals surface area contributed by atoms with Gasteiger partial charge in [-0.3, -0.25) is 0 Å². The molecular formula is C11H24OSi. The second-order valence-corrected chi connectivity index (χ2v) is 8.86. The van der Waals surface area contributed by atoms with Crippen molar-refractivity contribution in [2.75, 3.05) is 0 Å². The van der Waals surface area contributed by atoms with Crippen molar-refractivity contribution in [1.29, 1.82) is 0 Å². The second kappa shape index (κ2) is 6.25. The van der Waals surface area contributed by atoms with Crippen LogP contribution in [0.2, 0.25) is 19.6 Å². The highest BCUT2D eigenvalue weighted by atomic mass is 28.4. The Morgan fingerprint density at radius 3 is 2.23 bits per heavy atom. The van der Waals surface area contributed by atoms with E-state index in [1.807, 2.05) is 0 Å². The maximum atomic E-state index is 5.93. The van der Waals surface area contributed by atoms with E-state index in [0.29, 0.717) is 0 Å². The summed E-state index contributed by atoms with van der Waals surface area (Å²) in [7, 11) is -1.37. The summed E-state index contributed by atoms with van der Waals surface area (Å²) in [4.78, 5) is 0. The first-order chi connectivity index (χ1) is 5.99. The third-order valence-electron chi connectivity index (χ3n) is 1.79. The molecule has 0 amide bonds. The summed E-state index contributed by atoms with van der Waals surface area (Å²) in [5.41, 5.74) is 0. The van der Waals surface area contributed by atoms with Gasteiger partial charge in [-0.15, -0.1) is 0 Å². The lowest BCUT2D eigenvalue weighted by molar-refractivity contribution is 0.391. The van der Waals surface area contributed by atoms with Crippen LogP contribution < -0.4 is 0 Å². The van der Waals surface area contributed by atoms with Gasteiger partial charge < -0.3 is 4.43 Å². The quantitative estimate of drug-likeness (QED) is 0.352. The third kappa shape index (κ3) is 8.10. The minimum Gasteiger partial charge on any atom is -0.548 e. The van der Waals surface area contributed by atoms with Crippen molar-refractivity contribution in [3.8, 4) is 0 Å². The largest absolute Gasteiger partial charge is 0.548 e. The van der Waals surface area contributed by atoms with Crippen molar-refractivity contribution in [3.05, 3.63) is 11.8 Å². The molecule has 0 atom stereocenters. The molecule has 0 N–H and O–H groups in total. The van der Waals surface area contributed by atoms with Gasteiger partial charge in [0.1, 0.15) is 0 Å². The molecule has 0 aliphatic rings. The van der Waals surface area contributed by atoms with Crippen LogP contribution in [0.25, 0.3) is 0 Å². The van der Waals surface area contributed by atoms with Crippen LogP contribution in [0, 0.1) is 0 Å². The first-order valence-electron chi connectivity index (χ1n) is 5.33. The van der Waals surface area contributed by atoms with Crippen LogP contribution in [0.4, 0.5) is 0 Å². The molecule has 0 unspecified atom stereocenters. The predicted octanol–water partition coefficient (Wildman–Crippen LogP) is 4.32. The zero-order valence-electron chi connectivity index (χ0n) is 9.81. The lowest BCUT2D eigenvalue weighted by Crippen LogP contribution is -2.24. The van der Waals surface area contributed by atoms with Gasteiger partial charge in [-0.05, 0) is 33.0 Å². The lowest BCUT2D eigenvalue weighted by atomic mass is 10.2. The van der Waals surface area contributed by atoms with E-state index in [2.05, 4.69) is 39.6 Å². The second-order valence-electron chi connectivity index (χ2n) is 4.43. The van der Waals surface area contributed by atoms with Crippen molar-refractivity contribution in [1.82, 2.24) is 0 Å². The van der Waals surface area contributed by atoms with E-state index >= 15 is 0 Å². The Balaban J connectivity index is 3.79. The molecule has 0 aromatic heterocycles. The van der Waals surface area contributed by atoms with Crippen LogP contribution in [-0.2, 0) is 4.43 Å². The van der Waals surface area contributed by atoms with Crippen molar-refractivity contribution >= 4 is 8.32 Å². The SMILES string of the molecule is C/C=C(/CCCCC)O[Si](C)(C)C. The minimum absolute atomic E-state index is 1.12. The zero-order chi connectivity index (χ0) is 10.3. The number of hydrogen-bond acceptors (Lipinski definition) is 1. The molecule has 0 aromatic carbocycles. The Morgan fingerprint density at radius 1 is 1.23 bits per heavy atom. The summed E-state index contributed by atoms with van der Waals surface area (Å²) in [5.74, 6) is 1.20. The normalized spacial score (nSPS) is 13.2. The first-order valence-corrected chi connectivity index (χ1v) is 8.74. The molecule has 2 heteroatoms. The number of unbranched alkanes of at least 4 members (excludes halogenated alkanes) is 2. The zero-order valence-corrected chi connectivity index (χ0v) is 10.8. The van der Waals surface area contributed by atoms with Crippen LogP contribution in [0.15, 0.2) is 11.8 Å². The molecule has 0 saturated heterocycles. The average molecular weight is 200 g/mol. The third-order valence-corrected chi connectivity index (χ3v) is 2.66. The highest BCUT2D eigenvalue weighted by Gasteiger charge is 2.16. The highest BCUT2D eigenvalue weighted by Crippen LogP contribution is 2.16. The van der Waals surface area contributed by atoms with Gasteiger partial charge in [0, 0.05) is 6.42 Å². The molecule has 0 aliphatic carbocycles. The van der Waals surface area contributed by atoms with Crippen LogP contribution in [0.3, 0.4) is 0 Å². The number of allylic oxidation sites excluding steroid dienone is 2. The van der Waals surface area contributed by atoms with E-state index in [9.17, 15) is 0 Å². The van der Waals surface area contributed by atoms with Gasteiger partial charge in [-0.1, -0.05) is 25.8 Å². The fourth-order valence-electron chi connectivity index (χ4n) is 1.20. The summed E-state index contributed by atoms with van der Waals surface area (Å²) in [5, 5.41) is 0. The molecule has 1 nitrogen and oxygen atoms in total. The Bertz CT molecular complexity index is 156. The first kappa shape index (κ1) is 12.8. The van der Waals surface area contributed by atoms with E-state index < -0.39 is 8.32 Å². The van der Waals surface area contributed by atoms with Gasteiger partial charge in [-0.25, -0.2) is 0 Å². The summed E-state index contributed by atoms with van der Waals surface area (Å²) >= 11 is 0. The molecule has 13 heavy (non-hydrogen) atoms. The molecule has 78 valence electrons. The van der Waals surface area contributed by atoms with Crippen LogP contribution >= 0.6 is 0 Å². The van der Waals surface area contributed by atoms with E-state index in [0.717, 1.165) is 6.42 Å². The van der Waals surface area contributed by atoms with Gasteiger partial charge in [-0.2, -0.15) is 0 Å². The molecule has 0 aromatic rings. The Hall–Kier alpha value is -0.243. The number of hydrogen-bond donors (Lipinski definition) is 0. The molecule has 0 rings (SSSR count). The molecule has 0 bridgehead atoms. The van der Waals surface area contributed by atoms with Crippen molar-refractivity contribution in [3.63, 3.8) is 0 Å². The van der Waals surface area contributed by atoms with Crippen LogP contribution in [0.5, 0.6) is 0 Å². The van der Waals surface area contributed by atoms with Crippen molar-refractivity contribution in [2.45, 2.75) is 59.2 Å². The van der Waals surface area contributed by atoms with E-state index in [1.165, 1.54) is 25.0 Å². The fourth-order valence-corrected chi connectivity index (χ4v) is 2.20.